The highest BCUT2D eigenvalue weighted by Gasteiger charge is 2.37. The summed E-state index contributed by atoms with van der Waals surface area (Å²) in [6, 6.07) is 9.64. The molecule has 1 aliphatic heterocycles. The van der Waals surface area contributed by atoms with Gasteiger partial charge in [-0.1, -0.05) is 0 Å². The van der Waals surface area contributed by atoms with Gasteiger partial charge in [-0.25, -0.2) is 13.2 Å². The van der Waals surface area contributed by atoms with Crippen LogP contribution in [0.1, 0.15) is 12.0 Å². The van der Waals surface area contributed by atoms with Crippen LogP contribution in [0.3, 0.4) is 0 Å². The van der Waals surface area contributed by atoms with Gasteiger partial charge in [-0.3, -0.25) is 25.0 Å². The number of nitrogens with zero attached hydrogens (tertiary/aromatic N) is 5. The minimum atomic E-state index is -2.65. The Morgan fingerprint density at radius 3 is 2.60 bits per heavy atom. The maximum atomic E-state index is 14.0. The Hall–Kier alpha value is -4.77. The lowest BCUT2D eigenvalue weighted by atomic mass is 10.0. The number of alkyl halides is 2. The molecule has 1 aliphatic rings. The Bertz CT molecular complexity index is 1880. The first-order valence-corrected chi connectivity index (χ1v) is 12.7. The first-order valence-electron chi connectivity index (χ1n) is 12.7. The molecule has 3 N–H and O–H groups in total. The van der Waals surface area contributed by atoms with Gasteiger partial charge in [0.15, 0.2) is 0 Å². The number of benzene rings is 1. The monoisotopic (exact) mass is 541 g/mol. The van der Waals surface area contributed by atoms with Crippen LogP contribution in [0.2, 0.25) is 0 Å². The molecule has 1 aromatic carbocycles. The fourth-order valence-corrected chi connectivity index (χ4v) is 5.33. The second-order valence-electron chi connectivity index (χ2n) is 10.1. The summed E-state index contributed by atoms with van der Waals surface area (Å²) in [4.78, 5) is 18.3. The Morgan fingerprint density at radius 2 is 1.77 bits per heavy atom. The van der Waals surface area contributed by atoms with Gasteiger partial charge in [-0.15, -0.1) is 0 Å². The zero-order valence-corrected chi connectivity index (χ0v) is 21.0. The number of nitrogens with one attached hydrogen (secondary N) is 2. The number of H-pyrrole nitrogens is 2. The Kier molecular flexibility index (Phi) is 5.56. The third kappa shape index (κ3) is 4.43. The normalized spacial score (nSPS) is 15.4. The van der Waals surface area contributed by atoms with Crippen molar-refractivity contribution in [3.8, 4) is 39.5 Å². The molecule has 5 aromatic heterocycles. The molecule has 11 heteroatoms. The first-order chi connectivity index (χ1) is 19.3. The van der Waals surface area contributed by atoms with E-state index in [0.29, 0.717) is 35.6 Å². The topological polar surface area (TPSA) is 107 Å². The van der Waals surface area contributed by atoms with Crippen LogP contribution in [-0.4, -0.2) is 59.2 Å². The zero-order chi connectivity index (χ0) is 27.4. The molecule has 6 heterocycles. The fraction of sp³-hybridized carbons (Fsp3) is 0.172. The van der Waals surface area contributed by atoms with Crippen LogP contribution in [0.15, 0.2) is 67.4 Å². The van der Waals surface area contributed by atoms with Crippen LogP contribution in [0.4, 0.5) is 13.2 Å². The summed E-state index contributed by atoms with van der Waals surface area (Å²) in [5.41, 5.74) is 6.28. The average Bonchev–Trinajstić information content (AvgIpc) is 3.63. The lowest BCUT2D eigenvalue weighted by molar-refractivity contribution is 0.0115. The molecule has 0 radical (unpaired) electrons. The molecular formula is C29H22F3N7O. The molecule has 0 amide bonds. The molecule has 0 aliphatic carbocycles. The number of phenolic OH excluding ortho intramolecular Hbond substituents is 1. The van der Waals surface area contributed by atoms with Crippen LogP contribution in [0.5, 0.6) is 5.75 Å². The Labute approximate surface area is 225 Å². The van der Waals surface area contributed by atoms with Crippen LogP contribution in [0.25, 0.3) is 55.6 Å². The molecule has 6 aromatic rings. The van der Waals surface area contributed by atoms with E-state index in [0.717, 1.165) is 44.7 Å². The molecule has 8 nitrogen and oxygen atoms in total. The van der Waals surface area contributed by atoms with Gasteiger partial charge in [0, 0.05) is 66.1 Å². The maximum absolute atomic E-state index is 14.0. The van der Waals surface area contributed by atoms with Crippen molar-refractivity contribution in [2.75, 3.05) is 13.1 Å². The largest absolute Gasteiger partial charge is 0.508 e. The number of phenols is 1. The van der Waals surface area contributed by atoms with E-state index in [-0.39, 0.29) is 18.7 Å². The minimum Gasteiger partial charge on any atom is -0.508 e. The molecule has 0 bridgehead atoms. The maximum Gasteiger partial charge on any atom is 0.261 e. The SMILES string of the molecule is Oc1cc(F)cc(-c2cncc3[nH]c(-c4n[nH]c5cnc(-c6cncc(CN7CCC(F)(F)C7)c6)cc45)cc23)c1. The molecule has 0 spiro atoms. The van der Waals surface area contributed by atoms with Crippen molar-refractivity contribution >= 4 is 21.8 Å². The molecule has 40 heavy (non-hydrogen) atoms. The summed E-state index contributed by atoms with van der Waals surface area (Å²) < 4.78 is 41.3. The van der Waals surface area contributed by atoms with Gasteiger partial charge in [-0.2, -0.15) is 5.10 Å². The number of aromatic amines is 2. The average molecular weight is 542 g/mol. The van der Waals surface area contributed by atoms with Gasteiger partial charge >= 0.3 is 0 Å². The van der Waals surface area contributed by atoms with Crippen LogP contribution < -0.4 is 0 Å². The van der Waals surface area contributed by atoms with Crippen LogP contribution in [0, 0.1) is 5.82 Å². The van der Waals surface area contributed by atoms with Crippen molar-refractivity contribution < 1.29 is 18.3 Å². The van der Waals surface area contributed by atoms with E-state index in [1.54, 1.807) is 35.9 Å². The quantitative estimate of drug-likeness (QED) is 0.250. The predicted molar refractivity (Wildman–Crippen MR) is 144 cm³/mol. The zero-order valence-electron chi connectivity index (χ0n) is 21.0. The Morgan fingerprint density at radius 1 is 0.900 bits per heavy atom. The highest BCUT2D eigenvalue weighted by molar-refractivity contribution is 6.01. The minimum absolute atomic E-state index is 0.127. The Balaban J connectivity index is 1.25. The third-order valence-electron chi connectivity index (χ3n) is 7.19. The second kappa shape index (κ2) is 9.16. The molecular weight excluding hydrogens is 519 g/mol. The summed E-state index contributed by atoms with van der Waals surface area (Å²) in [5, 5.41) is 19.0. The number of rotatable bonds is 5. The fourth-order valence-electron chi connectivity index (χ4n) is 5.33. The lowest BCUT2D eigenvalue weighted by Gasteiger charge is -2.15. The van der Waals surface area contributed by atoms with E-state index < -0.39 is 11.7 Å². The van der Waals surface area contributed by atoms with Gasteiger partial charge in [0.05, 0.1) is 41.4 Å². The van der Waals surface area contributed by atoms with Gasteiger partial charge in [0.2, 0.25) is 0 Å². The van der Waals surface area contributed by atoms with Gasteiger partial charge in [0.1, 0.15) is 17.3 Å². The van der Waals surface area contributed by atoms with Crippen LogP contribution in [-0.2, 0) is 6.54 Å². The van der Waals surface area contributed by atoms with Crippen molar-refractivity contribution in [3.05, 3.63) is 78.8 Å². The van der Waals surface area contributed by atoms with E-state index in [2.05, 4.69) is 30.1 Å². The summed E-state index contributed by atoms with van der Waals surface area (Å²) in [5.74, 6) is -3.36. The molecule has 0 unspecified atom stereocenters. The summed E-state index contributed by atoms with van der Waals surface area (Å²) in [6.07, 6.45) is 8.26. The van der Waals surface area contributed by atoms with Gasteiger partial charge < -0.3 is 10.1 Å². The number of likely N-dealkylation sites (tertiary alicyclic amines) is 1. The molecule has 0 atom stereocenters. The van der Waals surface area contributed by atoms with E-state index in [4.69, 9.17) is 0 Å². The number of hydrogen-bond acceptors (Lipinski definition) is 6. The number of pyridine rings is 3. The molecule has 1 fully saturated rings. The van der Waals surface area contributed by atoms with Gasteiger partial charge in [-0.05, 0) is 41.5 Å². The highest BCUT2D eigenvalue weighted by atomic mass is 19.3. The lowest BCUT2D eigenvalue weighted by Crippen LogP contribution is -2.24. The van der Waals surface area contributed by atoms with E-state index in [1.807, 2.05) is 18.2 Å². The van der Waals surface area contributed by atoms with Crippen molar-refractivity contribution in [2.24, 2.45) is 0 Å². The summed E-state index contributed by atoms with van der Waals surface area (Å²) >= 11 is 0. The summed E-state index contributed by atoms with van der Waals surface area (Å²) in [7, 11) is 0. The molecule has 1 saturated heterocycles. The van der Waals surface area contributed by atoms with E-state index in [9.17, 15) is 18.3 Å². The molecule has 200 valence electrons. The number of fused-ring (bicyclic) bond motifs is 2. The standard InChI is InChI=1S/C29H22F3N7O/c30-19-4-17(5-20(40)6-19)23-11-34-12-26-21(23)7-25(36-26)28-22-8-24(35-13-27(22)37-38-28)18-3-16(9-33-10-18)14-39-2-1-29(31,32)15-39/h3-13,36,40H,1-2,14-15H2,(H,37,38). The predicted octanol–water partition coefficient (Wildman–Crippen LogP) is 5.92. The van der Waals surface area contributed by atoms with Crippen molar-refractivity contribution in [3.63, 3.8) is 0 Å². The summed E-state index contributed by atoms with van der Waals surface area (Å²) in [6.45, 7) is 0.494. The molecule has 0 saturated carbocycles. The van der Waals surface area contributed by atoms with Crippen molar-refractivity contribution in [1.29, 1.82) is 0 Å². The third-order valence-corrected chi connectivity index (χ3v) is 7.19. The second-order valence-corrected chi connectivity index (χ2v) is 10.1. The van der Waals surface area contributed by atoms with Crippen molar-refractivity contribution in [2.45, 2.75) is 18.9 Å². The number of halogens is 3. The number of hydrogen-bond donors (Lipinski definition) is 3. The smallest absolute Gasteiger partial charge is 0.261 e. The first kappa shape index (κ1) is 24.3. The van der Waals surface area contributed by atoms with Gasteiger partial charge in [0.25, 0.3) is 5.92 Å². The van der Waals surface area contributed by atoms with Crippen LogP contribution >= 0.6 is 0 Å². The number of aromatic hydroxyl groups is 1. The highest BCUT2D eigenvalue weighted by Crippen LogP contribution is 2.35. The van der Waals surface area contributed by atoms with E-state index in [1.165, 1.54) is 12.1 Å². The number of aromatic nitrogens is 6. The molecule has 7 rings (SSSR count). The van der Waals surface area contributed by atoms with E-state index >= 15 is 0 Å². The van der Waals surface area contributed by atoms with Crippen molar-refractivity contribution in [1.82, 2.24) is 35.0 Å².